The molecule has 0 aliphatic carbocycles. The van der Waals surface area contributed by atoms with E-state index in [9.17, 15) is 14.7 Å². The molecule has 0 aromatic heterocycles. The Kier molecular flexibility index (Phi) is 12.2. The Morgan fingerprint density at radius 3 is 2.04 bits per heavy atom. The van der Waals surface area contributed by atoms with Gasteiger partial charge in [-0.3, -0.25) is 4.79 Å². The fourth-order valence-electron chi connectivity index (χ4n) is 6.27. The van der Waals surface area contributed by atoms with Gasteiger partial charge >= 0.3 is 6.03 Å². The molecule has 5 aromatic carbocycles. The van der Waals surface area contributed by atoms with Crippen LogP contribution >= 0.6 is 11.8 Å². The van der Waals surface area contributed by atoms with Gasteiger partial charge in [0.2, 0.25) is 0 Å². The Bertz CT molecular complexity index is 1870. The first-order valence-electron chi connectivity index (χ1n) is 17.1. The molecule has 6 rings (SSSR count). The van der Waals surface area contributed by atoms with Gasteiger partial charge in [0, 0.05) is 34.4 Å². The van der Waals surface area contributed by atoms with Crippen molar-refractivity contribution in [3.05, 3.63) is 167 Å². The van der Waals surface area contributed by atoms with Gasteiger partial charge in [-0.15, -0.1) is 11.8 Å². The van der Waals surface area contributed by atoms with Crippen molar-refractivity contribution in [2.75, 3.05) is 11.5 Å². The highest BCUT2D eigenvalue weighted by molar-refractivity contribution is 7.99. The Balaban J connectivity index is 1.19. The van der Waals surface area contributed by atoms with Gasteiger partial charge in [-0.25, -0.2) is 4.79 Å². The minimum Gasteiger partial charge on any atom is -0.398 e. The van der Waals surface area contributed by atoms with E-state index < -0.39 is 18.4 Å². The highest BCUT2D eigenvalue weighted by atomic mass is 32.2. The van der Waals surface area contributed by atoms with Crippen LogP contribution in [0.3, 0.4) is 0 Å². The number of carbonyl (C=O) groups is 2. The molecule has 5 N–H and O–H groups in total. The first-order chi connectivity index (χ1) is 24.9. The normalized spacial score (nSPS) is 19.2. The average molecular weight is 702 g/mol. The molecular weight excluding hydrogens is 659 g/mol. The number of ether oxygens (including phenoxy) is 2. The van der Waals surface area contributed by atoms with Crippen molar-refractivity contribution in [3.63, 3.8) is 0 Å². The van der Waals surface area contributed by atoms with Crippen molar-refractivity contribution >= 4 is 29.3 Å². The number of urea groups is 1. The first kappa shape index (κ1) is 35.9. The molecule has 2 amide bonds. The lowest BCUT2D eigenvalue weighted by molar-refractivity contribution is -0.255. The number of nitrogens with two attached hydrogens (primary N) is 1. The molecular formula is C42H43N3O5S. The first-order valence-corrected chi connectivity index (χ1v) is 18.1. The number of hydrogen-bond donors (Lipinski definition) is 4. The second-order valence-corrected chi connectivity index (χ2v) is 13.7. The van der Waals surface area contributed by atoms with Gasteiger partial charge in [0.15, 0.2) is 12.1 Å². The van der Waals surface area contributed by atoms with Crippen LogP contribution in [-0.2, 0) is 33.8 Å². The van der Waals surface area contributed by atoms with Crippen LogP contribution in [0.1, 0.15) is 58.6 Å². The summed E-state index contributed by atoms with van der Waals surface area (Å²) < 4.78 is 13.6. The zero-order valence-corrected chi connectivity index (χ0v) is 29.3. The number of amides is 2. The van der Waals surface area contributed by atoms with E-state index in [2.05, 4.69) is 22.8 Å². The van der Waals surface area contributed by atoms with E-state index in [1.165, 1.54) is 6.92 Å². The number of nitrogen functional groups attached to an aromatic ring is 1. The minimum absolute atomic E-state index is 0.0364. The summed E-state index contributed by atoms with van der Waals surface area (Å²) >= 11 is 1.66. The van der Waals surface area contributed by atoms with Crippen LogP contribution in [-0.4, -0.2) is 34.8 Å². The van der Waals surface area contributed by atoms with Crippen LogP contribution in [0, 0.1) is 0 Å². The third kappa shape index (κ3) is 9.45. The number of rotatable bonds is 13. The van der Waals surface area contributed by atoms with E-state index in [1.807, 2.05) is 121 Å². The zero-order valence-electron chi connectivity index (χ0n) is 28.5. The maximum absolute atomic E-state index is 12.8. The minimum atomic E-state index is -0.661. The molecule has 1 aliphatic heterocycles. The molecule has 0 radical (unpaired) electrons. The van der Waals surface area contributed by atoms with Gasteiger partial charge in [-0.1, -0.05) is 121 Å². The Morgan fingerprint density at radius 1 is 0.745 bits per heavy atom. The zero-order chi connectivity index (χ0) is 35.6. The highest BCUT2D eigenvalue weighted by Gasteiger charge is 2.42. The molecule has 5 aromatic rings. The van der Waals surface area contributed by atoms with E-state index in [-0.39, 0.29) is 37.1 Å². The van der Waals surface area contributed by atoms with Gasteiger partial charge < -0.3 is 30.9 Å². The summed E-state index contributed by atoms with van der Waals surface area (Å²) in [5.41, 5.74) is 12.7. The molecule has 0 saturated carbocycles. The summed E-state index contributed by atoms with van der Waals surface area (Å²) in [5, 5.41) is 15.4. The quantitative estimate of drug-likeness (QED) is 0.0741. The molecule has 51 heavy (non-hydrogen) atoms. The van der Waals surface area contributed by atoms with E-state index in [1.54, 1.807) is 11.8 Å². The molecule has 1 fully saturated rings. The molecule has 1 saturated heterocycles. The van der Waals surface area contributed by atoms with Gasteiger partial charge in [-0.05, 0) is 53.3 Å². The number of para-hydroxylation sites is 1. The monoisotopic (exact) mass is 701 g/mol. The van der Waals surface area contributed by atoms with Crippen molar-refractivity contribution in [2.45, 2.75) is 61.8 Å². The SMILES string of the molecule is CC(=O)C(Cc1ccccc1)NC(=O)NCc1ccc(C2OC(CSc3ccccc3N)C(c3ccccc3)C(c3ccc(CO)cc3)O2)cc1. The summed E-state index contributed by atoms with van der Waals surface area (Å²) in [6, 6.07) is 42.4. The predicted molar refractivity (Wildman–Crippen MR) is 201 cm³/mol. The fraction of sp³-hybridized carbons (Fsp3) is 0.238. The van der Waals surface area contributed by atoms with Gasteiger partial charge in [0.25, 0.3) is 0 Å². The molecule has 1 aliphatic rings. The second kappa shape index (κ2) is 17.3. The number of anilines is 1. The fourth-order valence-corrected chi connectivity index (χ4v) is 7.31. The van der Waals surface area contributed by atoms with Crippen LogP contribution in [0.5, 0.6) is 0 Å². The number of aliphatic hydroxyl groups excluding tert-OH is 1. The summed E-state index contributed by atoms with van der Waals surface area (Å²) in [4.78, 5) is 26.0. The van der Waals surface area contributed by atoms with Crippen LogP contribution in [0.15, 0.2) is 138 Å². The van der Waals surface area contributed by atoms with Crippen molar-refractivity contribution < 1.29 is 24.2 Å². The topological polar surface area (TPSA) is 123 Å². The molecule has 262 valence electrons. The van der Waals surface area contributed by atoms with Crippen molar-refractivity contribution in [3.8, 4) is 0 Å². The average Bonchev–Trinajstić information content (AvgIpc) is 3.17. The van der Waals surface area contributed by atoms with Gasteiger partial charge in [0.05, 0.1) is 24.9 Å². The number of benzene rings is 5. The molecule has 8 nitrogen and oxygen atoms in total. The van der Waals surface area contributed by atoms with E-state index in [0.717, 1.165) is 44.0 Å². The number of carbonyl (C=O) groups excluding carboxylic acids is 2. The Hall–Kier alpha value is -4.93. The predicted octanol–water partition coefficient (Wildman–Crippen LogP) is 7.49. The lowest BCUT2D eigenvalue weighted by Gasteiger charge is -2.43. The maximum Gasteiger partial charge on any atom is 0.315 e. The standard InChI is InChI=1S/C42H43N3O5S/c1-28(47)36(24-29-10-4-2-5-11-29)45-42(48)44-25-30-16-22-34(23-17-30)41-49-37(27-51-38-15-9-8-14-35(38)43)39(32-12-6-3-7-13-32)40(50-41)33-20-18-31(26-46)19-21-33/h2-23,36-37,39-41,46H,24-27,43H2,1H3,(H2,44,45,48). The third-order valence-corrected chi connectivity index (χ3v) is 10.3. The van der Waals surface area contributed by atoms with Crippen molar-refractivity contribution in [2.24, 2.45) is 0 Å². The Morgan fingerprint density at radius 2 is 1.37 bits per heavy atom. The Labute approximate surface area is 303 Å². The van der Waals surface area contributed by atoms with Crippen molar-refractivity contribution in [1.82, 2.24) is 10.6 Å². The molecule has 5 atom stereocenters. The maximum atomic E-state index is 12.8. The summed E-state index contributed by atoms with van der Waals surface area (Å²) in [5.74, 6) is 0.413. The number of thioether (sulfide) groups is 1. The third-order valence-electron chi connectivity index (χ3n) is 9.08. The van der Waals surface area contributed by atoms with Crippen molar-refractivity contribution in [1.29, 1.82) is 0 Å². The largest absolute Gasteiger partial charge is 0.398 e. The van der Waals surface area contributed by atoms with Crippen LogP contribution in [0.25, 0.3) is 0 Å². The van der Waals surface area contributed by atoms with Gasteiger partial charge in [-0.2, -0.15) is 0 Å². The van der Waals surface area contributed by atoms with E-state index >= 15 is 0 Å². The molecule has 0 bridgehead atoms. The number of aliphatic hydroxyl groups is 1. The smallest absolute Gasteiger partial charge is 0.315 e. The lowest BCUT2D eigenvalue weighted by Crippen LogP contribution is -2.46. The van der Waals surface area contributed by atoms with E-state index in [4.69, 9.17) is 15.2 Å². The number of hydrogen-bond acceptors (Lipinski definition) is 7. The highest BCUT2D eigenvalue weighted by Crippen LogP contribution is 2.48. The molecule has 9 heteroatoms. The molecule has 1 heterocycles. The lowest BCUT2D eigenvalue weighted by atomic mass is 9.84. The van der Waals surface area contributed by atoms with Gasteiger partial charge in [0.1, 0.15) is 0 Å². The summed E-state index contributed by atoms with van der Waals surface area (Å²) in [7, 11) is 0. The number of Topliss-reactive ketones (excluding diaryl/α,β-unsaturated/α-hetero) is 1. The molecule has 5 unspecified atom stereocenters. The summed E-state index contributed by atoms with van der Waals surface area (Å²) in [6.45, 7) is 1.73. The van der Waals surface area contributed by atoms with Crippen LogP contribution in [0.2, 0.25) is 0 Å². The summed E-state index contributed by atoms with van der Waals surface area (Å²) in [6.07, 6.45) is -0.817. The van der Waals surface area contributed by atoms with E-state index in [0.29, 0.717) is 12.2 Å². The molecule has 0 spiro atoms. The number of ketones is 1. The van der Waals surface area contributed by atoms with Crippen LogP contribution in [0.4, 0.5) is 10.5 Å². The second-order valence-electron chi connectivity index (χ2n) is 12.7. The number of nitrogens with one attached hydrogen (secondary N) is 2. The van der Waals surface area contributed by atoms with Crippen LogP contribution < -0.4 is 16.4 Å².